The number of benzene rings is 1. The Balaban J connectivity index is 2.32. The predicted octanol–water partition coefficient (Wildman–Crippen LogP) is 3.28. The van der Waals surface area contributed by atoms with Gasteiger partial charge in [-0.2, -0.15) is 0 Å². The zero-order valence-electron chi connectivity index (χ0n) is 9.80. The summed E-state index contributed by atoms with van der Waals surface area (Å²) in [6, 6.07) is 5.05. The summed E-state index contributed by atoms with van der Waals surface area (Å²) in [5.74, 6) is -1.57. The normalized spacial score (nSPS) is 17.1. The largest absolute Gasteiger partial charge is 0.480 e. The highest BCUT2D eigenvalue weighted by Crippen LogP contribution is 2.35. The molecule has 0 saturated carbocycles. The van der Waals surface area contributed by atoms with E-state index in [-0.39, 0.29) is 4.32 Å². The SMILES string of the molecule is O=C(O)CN1C(=O)C(=Cc2cccc(Cl)c2Cl)SC1=S. The number of hydrogen-bond donors (Lipinski definition) is 1. The van der Waals surface area contributed by atoms with Crippen LogP contribution in [-0.2, 0) is 9.59 Å². The van der Waals surface area contributed by atoms with Crippen molar-refractivity contribution in [2.45, 2.75) is 0 Å². The minimum absolute atomic E-state index is 0.210. The molecule has 0 bridgehead atoms. The van der Waals surface area contributed by atoms with Crippen LogP contribution in [0.5, 0.6) is 0 Å². The van der Waals surface area contributed by atoms with Gasteiger partial charge in [0.05, 0.1) is 15.0 Å². The van der Waals surface area contributed by atoms with Gasteiger partial charge in [-0.05, 0) is 17.7 Å². The van der Waals surface area contributed by atoms with Crippen molar-refractivity contribution in [3.8, 4) is 0 Å². The van der Waals surface area contributed by atoms with Crippen LogP contribution < -0.4 is 0 Å². The molecule has 1 aliphatic heterocycles. The lowest BCUT2D eigenvalue weighted by molar-refractivity contribution is -0.140. The molecule has 2 rings (SSSR count). The number of nitrogens with zero attached hydrogens (tertiary/aromatic N) is 1. The lowest BCUT2D eigenvalue weighted by Crippen LogP contribution is -2.33. The minimum atomic E-state index is -1.12. The van der Waals surface area contributed by atoms with Gasteiger partial charge >= 0.3 is 5.97 Å². The number of amides is 1. The van der Waals surface area contributed by atoms with Crippen LogP contribution in [0, 0.1) is 0 Å². The molecule has 104 valence electrons. The number of carbonyl (C=O) groups is 2. The van der Waals surface area contributed by atoms with Gasteiger partial charge in [0, 0.05) is 0 Å². The van der Waals surface area contributed by atoms with Crippen molar-refractivity contribution in [2.24, 2.45) is 0 Å². The molecule has 1 N–H and O–H groups in total. The van der Waals surface area contributed by atoms with E-state index in [0.717, 1.165) is 16.7 Å². The highest BCUT2D eigenvalue weighted by atomic mass is 35.5. The lowest BCUT2D eigenvalue weighted by Gasteiger charge is -2.10. The molecule has 8 heteroatoms. The molecule has 0 unspecified atom stereocenters. The van der Waals surface area contributed by atoms with Crippen LogP contribution in [0.15, 0.2) is 23.1 Å². The van der Waals surface area contributed by atoms with E-state index in [2.05, 4.69) is 0 Å². The van der Waals surface area contributed by atoms with Crippen molar-refractivity contribution in [3.63, 3.8) is 0 Å². The summed E-state index contributed by atoms with van der Waals surface area (Å²) in [5, 5.41) is 9.45. The Hall–Kier alpha value is -1.08. The number of carboxylic acid groups (broad SMARTS) is 1. The average Bonchev–Trinajstić information content (AvgIpc) is 2.62. The van der Waals surface area contributed by atoms with Crippen LogP contribution in [0.4, 0.5) is 0 Å². The molecule has 1 heterocycles. The van der Waals surface area contributed by atoms with Crippen molar-refractivity contribution in [1.82, 2.24) is 4.90 Å². The Morgan fingerprint density at radius 1 is 1.45 bits per heavy atom. The summed E-state index contributed by atoms with van der Waals surface area (Å²) in [6.07, 6.45) is 1.55. The molecular formula is C12H7Cl2NO3S2. The molecule has 20 heavy (non-hydrogen) atoms. The Labute approximate surface area is 134 Å². The molecule has 0 atom stereocenters. The van der Waals surface area contributed by atoms with Crippen LogP contribution in [0.3, 0.4) is 0 Å². The number of aliphatic carboxylic acids is 1. The van der Waals surface area contributed by atoms with Crippen LogP contribution in [0.1, 0.15) is 5.56 Å². The van der Waals surface area contributed by atoms with Crippen molar-refractivity contribution in [2.75, 3.05) is 6.54 Å². The van der Waals surface area contributed by atoms with Crippen molar-refractivity contribution < 1.29 is 14.7 Å². The molecule has 1 aromatic rings. The Morgan fingerprint density at radius 3 is 2.80 bits per heavy atom. The molecule has 1 aromatic carbocycles. The molecule has 0 spiro atoms. The van der Waals surface area contributed by atoms with Gasteiger partial charge in [0.1, 0.15) is 10.9 Å². The summed E-state index contributed by atoms with van der Waals surface area (Å²) < 4.78 is 0.210. The van der Waals surface area contributed by atoms with Crippen LogP contribution >= 0.6 is 47.2 Å². The molecule has 1 saturated heterocycles. The number of carbonyl (C=O) groups excluding carboxylic acids is 1. The number of hydrogen-bond acceptors (Lipinski definition) is 4. The molecule has 1 fully saturated rings. The highest BCUT2D eigenvalue weighted by Gasteiger charge is 2.33. The Kier molecular flexibility index (Phi) is 4.70. The topological polar surface area (TPSA) is 57.6 Å². The van der Waals surface area contributed by atoms with Crippen LogP contribution in [0.2, 0.25) is 10.0 Å². The van der Waals surface area contributed by atoms with Crippen molar-refractivity contribution in [3.05, 3.63) is 38.7 Å². The second-order valence-corrected chi connectivity index (χ2v) is 6.27. The van der Waals surface area contributed by atoms with E-state index in [4.69, 9.17) is 40.5 Å². The van der Waals surface area contributed by atoms with Gasteiger partial charge in [-0.15, -0.1) is 0 Å². The number of carboxylic acids is 1. The van der Waals surface area contributed by atoms with E-state index >= 15 is 0 Å². The Morgan fingerprint density at radius 2 is 2.15 bits per heavy atom. The smallest absolute Gasteiger partial charge is 0.323 e. The summed E-state index contributed by atoms with van der Waals surface area (Å²) in [7, 11) is 0. The van der Waals surface area contributed by atoms with E-state index in [1.807, 2.05) is 0 Å². The highest BCUT2D eigenvalue weighted by molar-refractivity contribution is 8.26. The van der Waals surface area contributed by atoms with Crippen LogP contribution in [-0.4, -0.2) is 32.7 Å². The minimum Gasteiger partial charge on any atom is -0.480 e. The Bertz CT molecular complexity index is 646. The van der Waals surface area contributed by atoms with E-state index in [1.54, 1.807) is 24.3 Å². The lowest BCUT2D eigenvalue weighted by atomic mass is 10.2. The van der Waals surface area contributed by atoms with Gasteiger partial charge in [-0.3, -0.25) is 14.5 Å². The standard InChI is InChI=1S/C12H7Cl2NO3S2/c13-7-3-1-2-6(10(7)14)4-8-11(18)15(5-9(16)17)12(19)20-8/h1-4H,5H2,(H,16,17). The number of halogens is 2. The van der Waals surface area contributed by atoms with Crippen LogP contribution in [0.25, 0.3) is 6.08 Å². The predicted molar refractivity (Wildman–Crippen MR) is 84.0 cm³/mol. The molecule has 4 nitrogen and oxygen atoms in total. The molecule has 1 amide bonds. The maximum absolute atomic E-state index is 12.1. The fraction of sp³-hybridized carbons (Fsp3) is 0.0833. The first-order valence-electron chi connectivity index (χ1n) is 5.31. The number of rotatable bonds is 3. The molecular weight excluding hydrogens is 341 g/mol. The summed E-state index contributed by atoms with van der Waals surface area (Å²) >= 11 is 18.0. The third kappa shape index (κ3) is 3.15. The second-order valence-electron chi connectivity index (χ2n) is 3.80. The third-order valence-electron chi connectivity index (χ3n) is 2.44. The van der Waals surface area contributed by atoms with Gasteiger partial charge in [-0.25, -0.2) is 0 Å². The zero-order valence-corrected chi connectivity index (χ0v) is 12.9. The summed E-state index contributed by atoms with van der Waals surface area (Å²) in [4.78, 5) is 24.1. The maximum Gasteiger partial charge on any atom is 0.323 e. The van der Waals surface area contributed by atoms with E-state index in [9.17, 15) is 9.59 Å². The average molecular weight is 348 g/mol. The van der Waals surface area contributed by atoms with E-state index < -0.39 is 18.4 Å². The zero-order chi connectivity index (χ0) is 14.9. The van der Waals surface area contributed by atoms with Gasteiger partial charge in [0.25, 0.3) is 5.91 Å². The van der Waals surface area contributed by atoms with Crippen molar-refractivity contribution >= 4 is 69.5 Å². The van der Waals surface area contributed by atoms with Gasteiger partial charge < -0.3 is 5.11 Å². The number of thiocarbonyl (C=S) groups is 1. The quantitative estimate of drug-likeness (QED) is 0.671. The first kappa shape index (κ1) is 15.3. The first-order chi connectivity index (χ1) is 9.40. The monoisotopic (exact) mass is 347 g/mol. The van der Waals surface area contributed by atoms with Crippen molar-refractivity contribution in [1.29, 1.82) is 0 Å². The van der Waals surface area contributed by atoms with Gasteiger partial charge in [0.2, 0.25) is 0 Å². The summed E-state index contributed by atoms with van der Waals surface area (Å²) in [5.41, 5.74) is 0.579. The molecule has 0 aliphatic carbocycles. The first-order valence-corrected chi connectivity index (χ1v) is 7.29. The number of thioether (sulfide) groups is 1. The summed E-state index contributed by atoms with van der Waals surface area (Å²) in [6.45, 7) is -0.453. The maximum atomic E-state index is 12.1. The second kappa shape index (κ2) is 6.13. The van der Waals surface area contributed by atoms with E-state index in [0.29, 0.717) is 20.5 Å². The fourth-order valence-corrected chi connectivity index (χ4v) is 3.15. The van der Waals surface area contributed by atoms with Gasteiger partial charge in [-0.1, -0.05) is 59.3 Å². The third-order valence-corrected chi connectivity index (χ3v) is 4.65. The molecule has 0 aromatic heterocycles. The molecule has 0 radical (unpaired) electrons. The van der Waals surface area contributed by atoms with Gasteiger partial charge in [0.15, 0.2) is 0 Å². The van der Waals surface area contributed by atoms with E-state index in [1.165, 1.54) is 0 Å². The fourth-order valence-electron chi connectivity index (χ4n) is 1.54. The molecule has 1 aliphatic rings.